The molecule has 1 N–H and O–H groups in total. The fraction of sp³-hybridized carbons (Fsp3) is 0.583. The number of aromatic nitrogens is 3. The summed E-state index contributed by atoms with van der Waals surface area (Å²) in [5.41, 5.74) is 2.37. The van der Waals surface area contributed by atoms with Crippen molar-refractivity contribution in [2.24, 2.45) is 21.7 Å². The van der Waals surface area contributed by atoms with Gasteiger partial charge in [-0.2, -0.15) is 4.80 Å². The number of aliphatic hydroxyl groups is 1. The third kappa shape index (κ3) is 3.55. The van der Waals surface area contributed by atoms with Gasteiger partial charge in [-0.15, -0.1) is 10.2 Å². The van der Waals surface area contributed by atoms with Crippen LogP contribution in [0, 0.1) is 21.7 Å². The highest BCUT2D eigenvalue weighted by Crippen LogP contribution is 2.59. The number of benzene rings is 1. The van der Waals surface area contributed by atoms with Crippen molar-refractivity contribution in [2.75, 3.05) is 0 Å². The Hall–Kier alpha value is -1.65. The molecule has 0 radical (unpaired) electrons. The standard InChI is InChI=1S/C24H34ClN3O/c1-21(2,3)15-12-19(28-26-17-11-10-16(25)13-18(17)27-28)20(29)24(14-15,22(4,5)6)23(7,8)9/h10-14,20,29H,1-9H3. The van der Waals surface area contributed by atoms with Crippen molar-refractivity contribution in [2.45, 2.75) is 68.4 Å². The van der Waals surface area contributed by atoms with Gasteiger partial charge in [0.15, 0.2) is 0 Å². The van der Waals surface area contributed by atoms with Gasteiger partial charge >= 0.3 is 0 Å². The Morgan fingerprint density at radius 2 is 1.48 bits per heavy atom. The van der Waals surface area contributed by atoms with Crippen LogP contribution in [-0.4, -0.2) is 26.2 Å². The second-order valence-electron chi connectivity index (χ2n) is 11.3. The number of hydrogen-bond acceptors (Lipinski definition) is 3. The smallest absolute Gasteiger partial charge is 0.115 e. The molecule has 1 aromatic heterocycles. The second kappa shape index (κ2) is 6.68. The van der Waals surface area contributed by atoms with Crippen LogP contribution in [0.3, 0.4) is 0 Å². The van der Waals surface area contributed by atoms with Crippen molar-refractivity contribution in [3.63, 3.8) is 0 Å². The first-order valence-corrected chi connectivity index (χ1v) is 10.6. The zero-order chi connectivity index (χ0) is 22.0. The van der Waals surface area contributed by atoms with Gasteiger partial charge < -0.3 is 5.11 Å². The van der Waals surface area contributed by atoms with E-state index in [1.807, 2.05) is 12.1 Å². The minimum atomic E-state index is -0.758. The maximum atomic E-state index is 11.8. The van der Waals surface area contributed by atoms with E-state index >= 15 is 0 Å². The molecular weight excluding hydrogens is 382 g/mol. The number of aliphatic hydroxyl groups excluding tert-OH is 1. The molecule has 1 aliphatic carbocycles. The third-order valence-electron chi connectivity index (χ3n) is 6.32. The summed E-state index contributed by atoms with van der Waals surface area (Å²) in [5, 5.41) is 21.8. The SMILES string of the molecule is CC(C)(C)C1=CC(C(C)(C)C)(C(C)(C)C)C(O)C(n2nc3ccc(Cl)cc3n2)=C1. The fourth-order valence-corrected chi connectivity index (χ4v) is 4.99. The van der Waals surface area contributed by atoms with Crippen molar-refractivity contribution in [1.82, 2.24) is 15.0 Å². The molecule has 4 nitrogen and oxygen atoms in total. The summed E-state index contributed by atoms with van der Waals surface area (Å²) in [7, 11) is 0. The molecule has 0 bridgehead atoms. The van der Waals surface area contributed by atoms with Crippen molar-refractivity contribution in [1.29, 1.82) is 0 Å². The van der Waals surface area contributed by atoms with Crippen LogP contribution in [0.4, 0.5) is 0 Å². The van der Waals surface area contributed by atoms with Gasteiger partial charge in [0.05, 0.1) is 5.70 Å². The van der Waals surface area contributed by atoms with E-state index < -0.39 is 11.5 Å². The maximum Gasteiger partial charge on any atom is 0.115 e. The van der Waals surface area contributed by atoms with E-state index in [0.717, 1.165) is 11.0 Å². The molecule has 3 rings (SSSR count). The van der Waals surface area contributed by atoms with E-state index in [0.29, 0.717) is 10.7 Å². The molecule has 1 aromatic carbocycles. The van der Waals surface area contributed by atoms with Crippen LogP contribution in [0.2, 0.25) is 5.02 Å². The van der Waals surface area contributed by atoms with Crippen LogP contribution < -0.4 is 0 Å². The Labute approximate surface area is 179 Å². The molecule has 0 saturated heterocycles. The van der Waals surface area contributed by atoms with E-state index in [1.165, 1.54) is 5.57 Å². The Kier molecular flexibility index (Phi) is 5.08. The summed E-state index contributed by atoms with van der Waals surface area (Å²) in [4.78, 5) is 1.59. The molecule has 0 fully saturated rings. The number of halogens is 1. The van der Waals surface area contributed by atoms with Crippen LogP contribution in [-0.2, 0) is 0 Å². The topological polar surface area (TPSA) is 50.9 Å². The Balaban J connectivity index is 2.31. The molecule has 1 heterocycles. The molecule has 1 aliphatic rings. The first-order valence-electron chi connectivity index (χ1n) is 10.2. The van der Waals surface area contributed by atoms with Crippen LogP contribution in [0.15, 0.2) is 35.9 Å². The number of allylic oxidation sites excluding steroid dienone is 2. The summed E-state index contributed by atoms with van der Waals surface area (Å²) in [6.45, 7) is 19.8. The highest BCUT2D eigenvalue weighted by atomic mass is 35.5. The highest BCUT2D eigenvalue weighted by Gasteiger charge is 2.57. The molecule has 0 aliphatic heterocycles. The first-order chi connectivity index (χ1) is 13.1. The summed E-state index contributed by atoms with van der Waals surface area (Å²) >= 11 is 6.14. The Morgan fingerprint density at radius 1 is 0.931 bits per heavy atom. The van der Waals surface area contributed by atoms with Crippen molar-refractivity contribution in [3.05, 3.63) is 40.9 Å². The average molecular weight is 416 g/mol. The van der Waals surface area contributed by atoms with Crippen LogP contribution in [0.25, 0.3) is 16.7 Å². The molecule has 0 spiro atoms. The van der Waals surface area contributed by atoms with Gasteiger partial charge in [-0.1, -0.05) is 80.0 Å². The average Bonchev–Trinajstić information content (AvgIpc) is 2.94. The second-order valence-corrected chi connectivity index (χ2v) is 11.7. The van der Waals surface area contributed by atoms with E-state index in [-0.39, 0.29) is 16.2 Å². The number of nitrogens with zero attached hydrogens (tertiary/aromatic N) is 3. The van der Waals surface area contributed by atoms with E-state index in [4.69, 9.17) is 11.6 Å². The minimum Gasteiger partial charge on any atom is -0.386 e. The third-order valence-corrected chi connectivity index (χ3v) is 6.55. The van der Waals surface area contributed by atoms with E-state index in [1.54, 1.807) is 10.9 Å². The first kappa shape index (κ1) is 22.0. The summed E-state index contributed by atoms with van der Waals surface area (Å²) < 4.78 is 0. The van der Waals surface area contributed by atoms with Gasteiger partial charge in [-0.25, -0.2) is 0 Å². The fourth-order valence-electron chi connectivity index (χ4n) is 4.82. The zero-order valence-corrected chi connectivity index (χ0v) is 19.9. The number of rotatable bonds is 1. The molecule has 2 aromatic rings. The monoisotopic (exact) mass is 415 g/mol. The molecule has 1 atom stereocenters. The number of fused-ring (bicyclic) bond motifs is 1. The lowest BCUT2D eigenvalue weighted by atomic mass is 9.49. The number of hydrogen-bond donors (Lipinski definition) is 1. The summed E-state index contributed by atoms with van der Waals surface area (Å²) in [6.07, 6.45) is 3.60. The molecule has 29 heavy (non-hydrogen) atoms. The van der Waals surface area contributed by atoms with Gasteiger partial charge in [-0.05, 0) is 46.1 Å². The van der Waals surface area contributed by atoms with Gasteiger partial charge in [0.1, 0.15) is 17.1 Å². The predicted molar refractivity (Wildman–Crippen MR) is 122 cm³/mol. The summed E-state index contributed by atoms with van der Waals surface area (Å²) in [6, 6.07) is 5.47. The lowest BCUT2D eigenvalue weighted by Gasteiger charge is -2.57. The predicted octanol–water partition coefficient (Wildman–Crippen LogP) is 6.35. The zero-order valence-electron chi connectivity index (χ0n) is 19.1. The Bertz CT molecular complexity index is 980. The molecule has 5 heteroatoms. The largest absolute Gasteiger partial charge is 0.386 e. The van der Waals surface area contributed by atoms with E-state index in [2.05, 4.69) is 84.7 Å². The Morgan fingerprint density at radius 3 is 2.00 bits per heavy atom. The van der Waals surface area contributed by atoms with Crippen molar-refractivity contribution < 1.29 is 5.11 Å². The van der Waals surface area contributed by atoms with Crippen LogP contribution in [0.5, 0.6) is 0 Å². The van der Waals surface area contributed by atoms with Gasteiger partial charge in [0, 0.05) is 10.4 Å². The molecule has 1 unspecified atom stereocenters. The maximum absolute atomic E-state index is 11.8. The van der Waals surface area contributed by atoms with Crippen LogP contribution in [0.1, 0.15) is 62.3 Å². The van der Waals surface area contributed by atoms with Crippen molar-refractivity contribution >= 4 is 28.3 Å². The molecule has 0 amide bonds. The van der Waals surface area contributed by atoms with E-state index in [9.17, 15) is 5.11 Å². The normalized spacial score (nSPS) is 20.6. The lowest BCUT2D eigenvalue weighted by molar-refractivity contribution is -0.0698. The highest BCUT2D eigenvalue weighted by molar-refractivity contribution is 6.31. The molecule has 158 valence electrons. The van der Waals surface area contributed by atoms with Gasteiger partial charge in [-0.3, -0.25) is 0 Å². The molecular formula is C24H34ClN3O. The van der Waals surface area contributed by atoms with Crippen molar-refractivity contribution in [3.8, 4) is 0 Å². The van der Waals surface area contributed by atoms with Crippen LogP contribution >= 0.6 is 11.6 Å². The lowest BCUT2D eigenvalue weighted by Crippen LogP contribution is -2.55. The van der Waals surface area contributed by atoms with Gasteiger partial charge in [0.25, 0.3) is 0 Å². The molecule has 0 saturated carbocycles. The van der Waals surface area contributed by atoms with Gasteiger partial charge in [0.2, 0.25) is 0 Å². The minimum absolute atomic E-state index is 0.0803. The summed E-state index contributed by atoms with van der Waals surface area (Å²) in [5.74, 6) is 0. The quantitative estimate of drug-likeness (QED) is 0.590.